The fourth-order valence-corrected chi connectivity index (χ4v) is 2.40. The molecule has 0 aliphatic rings. The van der Waals surface area contributed by atoms with Crippen LogP contribution in [0.4, 0.5) is 5.69 Å². The molecule has 6 heteroatoms. The van der Waals surface area contributed by atoms with E-state index in [4.69, 9.17) is 5.73 Å². The Morgan fingerprint density at radius 3 is 2.21 bits per heavy atom. The number of nitrogens with zero attached hydrogens (tertiary/aromatic N) is 2. The Balaban J connectivity index is 3.55. The first-order valence-electron chi connectivity index (χ1n) is 4.29. The van der Waals surface area contributed by atoms with Crippen LogP contribution in [-0.2, 0) is 9.84 Å². The van der Waals surface area contributed by atoms with Gasteiger partial charge in [-0.05, 0) is 20.8 Å². The monoisotopic (exact) mass is 217 g/mol. The number of aryl methyl sites for hydroxylation is 1. The van der Waals surface area contributed by atoms with Gasteiger partial charge in [-0.3, -0.25) is 0 Å². The van der Waals surface area contributed by atoms with E-state index in [0.717, 1.165) is 6.26 Å². The molecule has 1 rings (SSSR count). The molecule has 1 heterocycles. The van der Waals surface area contributed by atoms with Gasteiger partial charge in [0.15, 0.2) is 14.9 Å². The highest BCUT2D eigenvalue weighted by atomic mass is 32.2. The summed E-state index contributed by atoms with van der Waals surface area (Å²) in [6.45, 7) is 5.42. The number of nitrogens with two attached hydrogens (primary N) is 1. The predicted octanol–water partition coefficient (Wildman–Crippen LogP) is 0.758. The van der Waals surface area contributed by atoms with Crippen molar-refractivity contribution in [2.24, 2.45) is 0 Å². The van der Waals surface area contributed by atoms with Crippen LogP contribution in [0.1, 0.15) is 25.6 Å². The van der Waals surface area contributed by atoms with Gasteiger partial charge >= 0.3 is 0 Å². The maximum atomic E-state index is 11.5. The lowest BCUT2D eigenvalue weighted by atomic mass is 10.4. The molecule has 0 fully saturated rings. The molecule has 0 unspecified atom stereocenters. The summed E-state index contributed by atoms with van der Waals surface area (Å²) in [4.78, 5) is 0. The molecule has 1 aromatic rings. The van der Waals surface area contributed by atoms with Crippen LogP contribution in [0.5, 0.6) is 0 Å². The molecule has 80 valence electrons. The van der Waals surface area contributed by atoms with Gasteiger partial charge in [-0.25, -0.2) is 13.1 Å². The first-order chi connectivity index (χ1) is 6.25. The van der Waals surface area contributed by atoms with E-state index in [-0.39, 0.29) is 16.8 Å². The number of nitrogen functional groups attached to an aromatic ring is 1. The van der Waals surface area contributed by atoms with Crippen molar-refractivity contribution in [3.05, 3.63) is 5.69 Å². The van der Waals surface area contributed by atoms with Gasteiger partial charge in [0, 0.05) is 12.3 Å². The molecule has 5 nitrogen and oxygen atoms in total. The van der Waals surface area contributed by atoms with E-state index < -0.39 is 9.84 Å². The van der Waals surface area contributed by atoms with E-state index in [1.807, 2.05) is 13.8 Å². The van der Waals surface area contributed by atoms with Crippen LogP contribution in [0.25, 0.3) is 0 Å². The third-order valence-corrected chi connectivity index (χ3v) is 3.04. The Kier molecular flexibility index (Phi) is 2.58. The zero-order valence-corrected chi connectivity index (χ0v) is 9.59. The number of hydrogen-bond acceptors (Lipinski definition) is 4. The van der Waals surface area contributed by atoms with Crippen molar-refractivity contribution in [3.63, 3.8) is 0 Å². The minimum absolute atomic E-state index is 0.0178. The molecule has 0 amide bonds. The third kappa shape index (κ3) is 1.75. The van der Waals surface area contributed by atoms with Crippen molar-refractivity contribution in [3.8, 4) is 0 Å². The molecule has 14 heavy (non-hydrogen) atoms. The fourth-order valence-electron chi connectivity index (χ4n) is 1.26. The Labute approximate surface area is 83.8 Å². The van der Waals surface area contributed by atoms with Crippen molar-refractivity contribution < 1.29 is 8.42 Å². The summed E-state index contributed by atoms with van der Waals surface area (Å²) < 4.78 is 24.3. The Bertz CT molecular complexity index is 445. The smallest absolute Gasteiger partial charge is 0.194 e. The first-order valence-corrected chi connectivity index (χ1v) is 6.19. The SMILES string of the molecule is Cc1nn(C(C)C)c(S(C)(=O)=O)c1N. The van der Waals surface area contributed by atoms with Crippen LogP contribution in [-0.4, -0.2) is 24.5 Å². The molecule has 0 bridgehead atoms. The predicted molar refractivity (Wildman–Crippen MR) is 54.9 cm³/mol. The van der Waals surface area contributed by atoms with Gasteiger partial charge in [-0.15, -0.1) is 0 Å². The summed E-state index contributed by atoms with van der Waals surface area (Å²) in [5.74, 6) is 0. The second kappa shape index (κ2) is 3.27. The van der Waals surface area contributed by atoms with Crippen LogP contribution in [0.15, 0.2) is 5.03 Å². The average molecular weight is 217 g/mol. The molecule has 0 aromatic carbocycles. The Hall–Kier alpha value is -1.04. The number of anilines is 1. The van der Waals surface area contributed by atoms with Crippen LogP contribution in [0.3, 0.4) is 0 Å². The quantitative estimate of drug-likeness (QED) is 0.793. The molecule has 0 atom stereocenters. The van der Waals surface area contributed by atoms with Crippen molar-refractivity contribution in [2.75, 3.05) is 12.0 Å². The molecule has 0 radical (unpaired) electrons. The van der Waals surface area contributed by atoms with Crippen molar-refractivity contribution in [2.45, 2.75) is 31.8 Å². The highest BCUT2D eigenvalue weighted by molar-refractivity contribution is 7.90. The zero-order chi connectivity index (χ0) is 11.1. The number of rotatable bonds is 2. The van der Waals surface area contributed by atoms with Gasteiger partial charge < -0.3 is 5.73 Å². The highest BCUT2D eigenvalue weighted by Crippen LogP contribution is 2.24. The minimum atomic E-state index is -3.31. The maximum absolute atomic E-state index is 11.5. The van der Waals surface area contributed by atoms with E-state index in [1.165, 1.54) is 4.68 Å². The van der Waals surface area contributed by atoms with Crippen LogP contribution in [0.2, 0.25) is 0 Å². The van der Waals surface area contributed by atoms with Gasteiger partial charge in [0.25, 0.3) is 0 Å². The van der Waals surface area contributed by atoms with Crippen LogP contribution in [0, 0.1) is 6.92 Å². The molecule has 2 N–H and O–H groups in total. The van der Waals surface area contributed by atoms with Gasteiger partial charge in [-0.2, -0.15) is 5.10 Å². The normalized spacial score (nSPS) is 12.4. The lowest BCUT2D eigenvalue weighted by Crippen LogP contribution is -2.12. The lowest BCUT2D eigenvalue weighted by Gasteiger charge is -2.09. The molecule has 0 aliphatic carbocycles. The van der Waals surface area contributed by atoms with Crippen molar-refractivity contribution in [1.82, 2.24) is 9.78 Å². The van der Waals surface area contributed by atoms with E-state index in [1.54, 1.807) is 6.92 Å². The number of sulfone groups is 1. The van der Waals surface area contributed by atoms with Gasteiger partial charge in [0.05, 0.1) is 11.4 Å². The standard InChI is InChI=1S/C8H15N3O2S/c1-5(2)11-8(14(4,12)13)7(9)6(3)10-11/h5H,9H2,1-4H3. The Morgan fingerprint density at radius 1 is 1.43 bits per heavy atom. The van der Waals surface area contributed by atoms with Gasteiger partial charge in [0.1, 0.15) is 0 Å². The number of aromatic nitrogens is 2. The lowest BCUT2D eigenvalue weighted by molar-refractivity contribution is 0.479. The summed E-state index contributed by atoms with van der Waals surface area (Å²) in [6, 6.07) is -0.0178. The summed E-state index contributed by atoms with van der Waals surface area (Å²) in [5.41, 5.74) is 6.47. The van der Waals surface area contributed by atoms with Crippen molar-refractivity contribution in [1.29, 1.82) is 0 Å². The number of hydrogen-bond donors (Lipinski definition) is 1. The highest BCUT2D eigenvalue weighted by Gasteiger charge is 2.22. The topological polar surface area (TPSA) is 78.0 Å². The Morgan fingerprint density at radius 2 is 1.93 bits per heavy atom. The van der Waals surface area contributed by atoms with Crippen LogP contribution >= 0.6 is 0 Å². The molecule has 1 aromatic heterocycles. The summed E-state index contributed by atoms with van der Waals surface area (Å²) in [7, 11) is -3.31. The minimum Gasteiger partial charge on any atom is -0.395 e. The first kappa shape index (κ1) is 11.0. The summed E-state index contributed by atoms with van der Waals surface area (Å²) >= 11 is 0. The van der Waals surface area contributed by atoms with Gasteiger partial charge in [0.2, 0.25) is 0 Å². The second-order valence-corrected chi connectivity index (χ2v) is 5.55. The largest absolute Gasteiger partial charge is 0.395 e. The van der Waals surface area contributed by atoms with E-state index in [0.29, 0.717) is 5.69 Å². The zero-order valence-electron chi connectivity index (χ0n) is 8.77. The summed E-state index contributed by atoms with van der Waals surface area (Å²) in [5, 5.41) is 4.20. The second-order valence-electron chi connectivity index (χ2n) is 3.61. The fraction of sp³-hybridized carbons (Fsp3) is 0.625. The van der Waals surface area contributed by atoms with Gasteiger partial charge in [-0.1, -0.05) is 0 Å². The van der Waals surface area contributed by atoms with E-state index >= 15 is 0 Å². The van der Waals surface area contributed by atoms with Crippen LogP contribution < -0.4 is 5.73 Å². The average Bonchev–Trinajstić information content (AvgIpc) is 2.27. The van der Waals surface area contributed by atoms with E-state index in [2.05, 4.69) is 5.10 Å². The summed E-state index contributed by atoms with van der Waals surface area (Å²) in [6.07, 6.45) is 1.14. The third-order valence-electron chi connectivity index (χ3n) is 1.93. The molecule has 0 spiro atoms. The van der Waals surface area contributed by atoms with Crippen molar-refractivity contribution >= 4 is 15.5 Å². The molecule has 0 saturated carbocycles. The maximum Gasteiger partial charge on any atom is 0.194 e. The van der Waals surface area contributed by atoms with E-state index in [9.17, 15) is 8.42 Å². The molecular weight excluding hydrogens is 202 g/mol. The molecule has 0 saturated heterocycles. The molecular formula is C8H15N3O2S. The molecule has 0 aliphatic heterocycles.